The van der Waals surface area contributed by atoms with Crippen LogP contribution in [-0.2, 0) is 6.42 Å². The summed E-state index contributed by atoms with van der Waals surface area (Å²) >= 11 is 1.72. The second-order valence-electron chi connectivity index (χ2n) is 9.10. The van der Waals surface area contributed by atoms with E-state index >= 15 is 0 Å². The summed E-state index contributed by atoms with van der Waals surface area (Å²) in [4.78, 5) is 3.67. The number of aromatic hydroxyl groups is 1. The number of benzene rings is 3. The summed E-state index contributed by atoms with van der Waals surface area (Å²) < 4.78 is 5.35. The van der Waals surface area contributed by atoms with Gasteiger partial charge < -0.3 is 14.7 Å². The molecule has 4 heteroatoms. The highest BCUT2D eigenvalue weighted by atomic mass is 32.2. The minimum absolute atomic E-state index is 0.307. The minimum Gasteiger partial charge on any atom is -0.508 e. The Morgan fingerprint density at radius 1 is 0.944 bits per heavy atom. The highest BCUT2D eigenvalue weighted by molar-refractivity contribution is 7.99. The number of hydrogen-bond acceptors (Lipinski definition) is 4. The van der Waals surface area contributed by atoms with E-state index in [1.807, 2.05) is 13.8 Å². The first kappa shape index (κ1) is 29.8. The molecule has 2 aliphatic heterocycles. The zero-order valence-electron chi connectivity index (χ0n) is 22.9. The normalized spacial score (nSPS) is 16.1. The molecule has 1 saturated heterocycles. The van der Waals surface area contributed by atoms with Crippen molar-refractivity contribution in [3.05, 3.63) is 89.5 Å². The van der Waals surface area contributed by atoms with Crippen molar-refractivity contribution in [3.63, 3.8) is 0 Å². The quantitative estimate of drug-likeness (QED) is 0.385. The maximum atomic E-state index is 9.12. The first-order valence-electron chi connectivity index (χ1n) is 13.4. The molecule has 1 atom stereocenters. The van der Waals surface area contributed by atoms with Crippen LogP contribution in [0.25, 0.3) is 0 Å². The molecule has 0 spiro atoms. The summed E-state index contributed by atoms with van der Waals surface area (Å²) in [6.07, 6.45) is 5.32. The zero-order chi connectivity index (χ0) is 26.2. The van der Waals surface area contributed by atoms with E-state index in [0.29, 0.717) is 5.75 Å². The second-order valence-corrected chi connectivity index (χ2v) is 10.2. The lowest BCUT2D eigenvalue weighted by atomic mass is 10.1. The molecule has 3 aromatic carbocycles. The number of aryl methyl sites for hydroxylation is 3. The van der Waals surface area contributed by atoms with Gasteiger partial charge in [-0.15, -0.1) is 11.8 Å². The average molecular weight is 508 g/mol. The molecule has 1 fully saturated rings. The van der Waals surface area contributed by atoms with Crippen molar-refractivity contribution in [2.24, 2.45) is 0 Å². The third-order valence-corrected chi connectivity index (χ3v) is 7.14. The van der Waals surface area contributed by atoms with Crippen molar-refractivity contribution in [3.8, 4) is 11.5 Å². The fourth-order valence-electron chi connectivity index (χ4n) is 4.29. The van der Waals surface area contributed by atoms with Crippen molar-refractivity contribution in [1.29, 1.82) is 0 Å². The number of phenolic OH excluding ortho intramolecular Hbond substituents is 1. The van der Waals surface area contributed by atoms with Crippen LogP contribution >= 0.6 is 11.8 Å². The molecule has 1 unspecified atom stereocenters. The largest absolute Gasteiger partial charge is 0.508 e. The maximum Gasteiger partial charge on any atom is 0.133 e. The topological polar surface area (TPSA) is 32.7 Å². The van der Waals surface area contributed by atoms with Crippen LogP contribution in [0.3, 0.4) is 0 Å². The number of nitrogens with zero attached hydrogens (tertiary/aromatic N) is 1. The van der Waals surface area contributed by atoms with Crippen molar-refractivity contribution < 1.29 is 9.84 Å². The third kappa shape index (κ3) is 11.1. The van der Waals surface area contributed by atoms with Crippen molar-refractivity contribution >= 4 is 11.8 Å². The Morgan fingerprint density at radius 3 is 2.28 bits per heavy atom. The van der Waals surface area contributed by atoms with Gasteiger partial charge in [-0.2, -0.15) is 0 Å². The van der Waals surface area contributed by atoms with Crippen LogP contribution in [-0.4, -0.2) is 41.5 Å². The predicted octanol–water partition coefficient (Wildman–Crippen LogP) is 8.31. The first-order chi connectivity index (χ1) is 17.5. The molecule has 0 aliphatic carbocycles. The van der Waals surface area contributed by atoms with Crippen LogP contribution in [0.5, 0.6) is 11.5 Å². The van der Waals surface area contributed by atoms with Gasteiger partial charge in [-0.1, -0.05) is 79.6 Å². The van der Waals surface area contributed by atoms with E-state index in [4.69, 9.17) is 9.84 Å². The van der Waals surface area contributed by atoms with E-state index in [2.05, 4.69) is 80.3 Å². The number of phenols is 1. The van der Waals surface area contributed by atoms with Gasteiger partial charge in [0.1, 0.15) is 11.5 Å². The Balaban J connectivity index is 0.000000192. The summed E-state index contributed by atoms with van der Waals surface area (Å²) in [5, 5.41) is 9.12. The molecule has 196 valence electrons. The SMILES string of the molecule is CC.CC1CCCN1CCCc1ccccc1.Cc1cccc(C)c1.Oc1ccc2c(c1)SCCO2. The molecule has 0 bridgehead atoms. The molecule has 2 heterocycles. The van der Waals surface area contributed by atoms with Gasteiger partial charge in [0.05, 0.1) is 11.5 Å². The second kappa shape index (κ2) is 17.1. The Hall–Kier alpha value is -2.43. The van der Waals surface area contributed by atoms with Gasteiger partial charge in [-0.3, -0.25) is 0 Å². The Morgan fingerprint density at radius 2 is 1.67 bits per heavy atom. The molecule has 36 heavy (non-hydrogen) atoms. The molecule has 0 amide bonds. The first-order valence-corrected chi connectivity index (χ1v) is 14.4. The number of likely N-dealkylation sites (tertiary alicyclic amines) is 1. The highest BCUT2D eigenvalue weighted by Gasteiger charge is 2.18. The third-order valence-electron chi connectivity index (χ3n) is 6.14. The molecular formula is C32H45NO2S. The Labute approximate surface area is 223 Å². The summed E-state index contributed by atoms with van der Waals surface area (Å²) in [6.45, 7) is 13.9. The fraction of sp³-hybridized carbons (Fsp3) is 0.438. The van der Waals surface area contributed by atoms with Crippen LogP contribution in [0, 0.1) is 13.8 Å². The van der Waals surface area contributed by atoms with Gasteiger partial charge in [-0.25, -0.2) is 0 Å². The molecule has 1 N–H and O–H groups in total. The Bertz CT molecular complexity index is 975. The molecular weight excluding hydrogens is 462 g/mol. The van der Waals surface area contributed by atoms with Crippen molar-refractivity contribution in [2.75, 3.05) is 25.4 Å². The lowest BCUT2D eigenvalue weighted by molar-refractivity contribution is 0.265. The minimum atomic E-state index is 0.307. The molecule has 3 nitrogen and oxygen atoms in total. The summed E-state index contributed by atoms with van der Waals surface area (Å²) in [5.41, 5.74) is 4.15. The van der Waals surface area contributed by atoms with Crippen LogP contribution in [0.1, 0.15) is 56.7 Å². The van der Waals surface area contributed by atoms with Crippen LogP contribution < -0.4 is 4.74 Å². The van der Waals surface area contributed by atoms with Crippen LogP contribution in [0.4, 0.5) is 0 Å². The number of rotatable bonds is 4. The molecule has 0 radical (unpaired) electrons. The van der Waals surface area contributed by atoms with E-state index in [-0.39, 0.29) is 0 Å². The predicted molar refractivity (Wildman–Crippen MR) is 157 cm³/mol. The zero-order valence-corrected chi connectivity index (χ0v) is 23.7. The standard InChI is InChI=1S/C14H21N.C8H8O2S.C8H10.C2H6/c1-13-7-5-11-15(13)12-6-10-14-8-3-2-4-9-14;9-6-1-2-7-8(5-6)11-4-3-10-7;1-7-4-3-5-8(2)6-7;1-2/h2-4,8-9,13H,5-7,10-12H2,1H3;1-2,5,9H,3-4H2;3-6H,1-2H3;1-2H3. The number of fused-ring (bicyclic) bond motifs is 1. The van der Waals surface area contributed by atoms with Gasteiger partial charge in [0.25, 0.3) is 0 Å². The summed E-state index contributed by atoms with van der Waals surface area (Å²) in [7, 11) is 0. The van der Waals surface area contributed by atoms with Gasteiger partial charge in [-0.05, 0) is 83.3 Å². The number of thioether (sulfide) groups is 1. The van der Waals surface area contributed by atoms with Crippen molar-refractivity contribution in [2.45, 2.75) is 71.2 Å². The van der Waals surface area contributed by atoms with Gasteiger partial charge in [0, 0.05) is 11.8 Å². The lowest BCUT2D eigenvalue weighted by Gasteiger charge is -2.20. The average Bonchev–Trinajstić information content (AvgIpc) is 3.31. The fourth-order valence-corrected chi connectivity index (χ4v) is 5.15. The van der Waals surface area contributed by atoms with Crippen LogP contribution in [0.2, 0.25) is 0 Å². The van der Waals surface area contributed by atoms with E-state index in [9.17, 15) is 0 Å². The van der Waals surface area contributed by atoms with E-state index in [1.54, 1.807) is 30.0 Å². The van der Waals surface area contributed by atoms with E-state index in [1.165, 1.54) is 55.5 Å². The smallest absolute Gasteiger partial charge is 0.133 e. The molecule has 2 aliphatic rings. The van der Waals surface area contributed by atoms with E-state index in [0.717, 1.165) is 29.0 Å². The number of hydrogen-bond donors (Lipinski definition) is 1. The molecule has 3 aromatic rings. The molecule has 5 rings (SSSR count). The Kier molecular flexibility index (Phi) is 14.2. The molecule has 0 aromatic heterocycles. The monoisotopic (exact) mass is 507 g/mol. The highest BCUT2D eigenvalue weighted by Crippen LogP contribution is 2.35. The summed E-state index contributed by atoms with van der Waals surface area (Å²) in [6, 6.07) is 25.3. The van der Waals surface area contributed by atoms with Gasteiger partial charge in [0.15, 0.2) is 0 Å². The maximum absolute atomic E-state index is 9.12. The van der Waals surface area contributed by atoms with Gasteiger partial charge in [0.2, 0.25) is 0 Å². The number of ether oxygens (including phenoxy) is 1. The van der Waals surface area contributed by atoms with Crippen molar-refractivity contribution in [1.82, 2.24) is 4.90 Å². The lowest BCUT2D eigenvalue weighted by Crippen LogP contribution is -2.28. The van der Waals surface area contributed by atoms with Crippen LogP contribution in [0.15, 0.2) is 77.7 Å². The van der Waals surface area contributed by atoms with Gasteiger partial charge >= 0.3 is 0 Å². The summed E-state index contributed by atoms with van der Waals surface area (Å²) in [5.74, 6) is 2.16. The van der Waals surface area contributed by atoms with E-state index < -0.39 is 0 Å². The molecule has 0 saturated carbocycles.